The molecular formula is C29H44N2O6. The zero-order valence-corrected chi connectivity index (χ0v) is 22.7. The molecule has 1 spiro atoms. The van der Waals surface area contributed by atoms with Gasteiger partial charge in [0, 0.05) is 25.7 Å². The molecule has 1 N–H and O–H groups in total. The van der Waals surface area contributed by atoms with Crippen molar-refractivity contribution in [2.45, 2.75) is 102 Å². The third-order valence-corrected chi connectivity index (χ3v) is 8.58. The highest BCUT2D eigenvalue weighted by atomic mass is 16.6. The van der Waals surface area contributed by atoms with Crippen molar-refractivity contribution < 1.29 is 29.0 Å². The Labute approximate surface area is 221 Å². The highest BCUT2D eigenvalue weighted by Crippen LogP contribution is 2.57. The zero-order valence-electron chi connectivity index (χ0n) is 22.7. The van der Waals surface area contributed by atoms with Crippen LogP contribution in [-0.2, 0) is 23.9 Å². The van der Waals surface area contributed by atoms with E-state index in [9.17, 15) is 14.4 Å². The Bertz CT molecular complexity index is 918. The minimum atomic E-state index is -1.23. The molecule has 2 unspecified atom stereocenters. The molecule has 8 heteroatoms. The number of carbonyl (C=O) groups excluding carboxylic acids is 3. The molecule has 0 aromatic rings. The molecule has 4 aliphatic heterocycles. The van der Waals surface area contributed by atoms with Crippen molar-refractivity contribution in [3.63, 3.8) is 0 Å². The van der Waals surface area contributed by atoms with Gasteiger partial charge in [0.1, 0.15) is 17.6 Å². The van der Waals surface area contributed by atoms with Crippen molar-refractivity contribution in [3.05, 3.63) is 24.3 Å². The number of unbranched alkanes of at least 4 members (excludes halogenated alkanes) is 3. The molecule has 0 aliphatic carbocycles. The fraction of sp³-hybridized carbons (Fsp3) is 0.759. The van der Waals surface area contributed by atoms with E-state index in [4.69, 9.17) is 14.6 Å². The first-order chi connectivity index (χ1) is 17.8. The first-order valence-corrected chi connectivity index (χ1v) is 14.2. The monoisotopic (exact) mass is 516 g/mol. The Kier molecular flexibility index (Phi) is 8.79. The third-order valence-electron chi connectivity index (χ3n) is 8.58. The fourth-order valence-electron chi connectivity index (χ4n) is 6.77. The van der Waals surface area contributed by atoms with Crippen molar-refractivity contribution in [1.29, 1.82) is 0 Å². The Balaban J connectivity index is 1.75. The predicted molar refractivity (Wildman–Crippen MR) is 139 cm³/mol. The maximum absolute atomic E-state index is 14.3. The number of rotatable bonds is 9. The van der Waals surface area contributed by atoms with Crippen LogP contribution in [0.2, 0.25) is 0 Å². The van der Waals surface area contributed by atoms with E-state index in [1.807, 2.05) is 36.1 Å². The summed E-state index contributed by atoms with van der Waals surface area (Å²) in [4.78, 5) is 45.5. The second-order valence-corrected chi connectivity index (χ2v) is 11.3. The van der Waals surface area contributed by atoms with Gasteiger partial charge in [-0.3, -0.25) is 14.4 Å². The van der Waals surface area contributed by atoms with E-state index in [2.05, 4.69) is 13.8 Å². The van der Waals surface area contributed by atoms with E-state index >= 15 is 0 Å². The van der Waals surface area contributed by atoms with Crippen molar-refractivity contribution in [2.75, 3.05) is 26.3 Å². The quantitative estimate of drug-likeness (QED) is 0.287. The van der Waals surface area contributed by atoms with Crippen LogP contribution in [0.25, 0.3) is 0 Å². The second kappa shape index (κ2) is 11.7. The molecule has 206 valence electrons. The maximum atomic E-state index is 14.3. The van der Waals surface area contributed by atoms with E-state index in [1.54, 1.807) is 4.90 Å². The standard InChI is InChI=1S/C29H44N2O6/c1-4-14-21(2)30-18-13-16-29-22(23-27(35)36-20-12-8-5-9-15-28(23,3)37-29)25(33)31(24(29)26(30)34)17-10-6-7-11-19-32/h9,13,15-16,21-24,32H,4-8,10-12,14,17-20H2,1-3H3/b15-9-/t21?,22-,23-,24?,28+,29-/m0/s1. The molecule has 6 atom stereocenters. The number of hydrogen-bond acceptors (Lipinski definition) is 6. The van der Waals surface area contributed by atoms with Crippen LogP contribution in [0.1, 0.15) is 78.6 Å². The Morgan fingerprint density at radius 1 is 1.05 bits per heavy atom. The van der Waals surface area contributed by atoms with Crippen LogP contribution >= 0.6 is 0 Å². The van der Waals surface area contributed by atoms with Crippen LogP contribution in [-0.4, -0.2) is 82.3 Å². The van der Waals surface area contributed by atoms with Crippen LogP contribution in [0, 0.1) is 11.8 Å². The number of aliphatic hydroxyl groups is 1. The van der Waals surface area contributed by atoms with E-state index in [1.165, 1.54) is 0 Å². The molecule has 8 nitrogen and oxygen atoms in total. The van der Waals surface area contributed by atoms with E-state index in [0.29, 0.717) is 19.7 Å². The predicted octanol–water partition coefficient (Wildman–Crippen LogP) is 3.38. The summed E-state index contributed by atoms with van der Waals surface area (Å²) in [6.45, 7) is 7.35. The first kappa shape index (κ1) is 27.8. The number of allylic oxidation sites excluding steroid dienone is 1. The third kappa shape index (κ3) is 5.11. The molecule has 0 radical (unpaired) electrons. The first-order valence-electron chi connectivity index (χ1n) is 14.2. The van der Waals surface area contributed by atoms with Crippen LogP contribution in [0.3, 0.4) is 0 Å². The van der Waals surface area contributed by atoms with Gasteiger partial charge in [0.25, 0.3) is 0 Å². The summed E-state index contributed by atoms with van der Waals surface area (Å²) >= 11 is 0. The van der Waals surface area contributed by atoms with Crippen LogP contribution in [0.15, 0.2) is 24.3 Å². The summed E-state index contributed by atoms with van der Waals surface area (Å²) in [5.74, 6) is -2.38. The molecule has 2 fully saturated rings. The van der Waals surface area contributed by atoms with Gasteiger partial charge in [0.05, 0.1) is 18.1 Å². The van der Waals surface area contributed by atoms with Gasteiger partial charge in [-0.1, -0.05) is 50.5 Å². The van der Waals surface area contributed by atoms with Crippen molar-refractivity contribution in [1.82, 2.24) is 9.80 Å². The Morgan fingerprint density at radius 2 is 1.84 bits per heavy atom. The molecule has 0 aromatic heterocycles. The molecule has 0 bridgehead atoms. The number of ether oxygens (including phenoxy) is 2. The molecule has 2 saturated heterocycles. The summed E-state index contributed by atoms with van der Waals surface area (Å²) in [5, 5.41) is 9.12. The molecular weight excluding hydrogens is 472 g/mol. The zero-order chi connectivity index (χ0) is 26.6. The highest BCUT2D eigenvalue weighted by Gasteiger charge is 2.74. The molecule has 4 heterocycles. The number of esters is 1. The SMILES string of the molecule is CCCC(C)N1CC=C[C@]23O[C@]4(C)/C=C\CCCCOC(=O)[C@@H]4[C@H]2C(=O)N(CCCCCCO)C3C1=O. The lowest BCUT2D eigenvalue weighted by Gasteiger charge is -2.39. The largest absolute Gasteiger partial charge is 0.465 e. The van der Waals surface area contributed by atoms with Gasteiger partial charge in [-0.25, -0.2) is 0 Å². The molecule has 0 saturated carbocycles. The number of fused-ring (bicyclic) bond motifs is 2. The molecule has 2 amide bonds. The Morgan fingerprint density at radius 3 is 2.59 bits per heavy atom. The summed E-state index contributed by atoms with van der Waals surface area (Å²) in [5.41, 5.74) is -2.27. The van der Waals surface area contributed by atoms with Gasteiger partial charge in [0.15, 0.2) is 0 Å². The molecule has 4 rings (SSSR count). The van der Waals surface area contributed by atoms with Crippen molar-refractivity contribution in [3.8, 4) is 0 Å². The smallest absolute Gasteiger partial charge is 0.313 e. The van der Waals surface area contributed by atoms with Crippen LogP contribution in [0.4, 0.5) is 0 Å². The van der Waals surface area contributed by atoms with Gasteiger partial charge in [-0.05, 0) is 52.4 Å². The van der Waals surface area contributed by atoms with Crippen molar-refractivity contribution >= 4 is 17.8 Å². The second-order valence-electron chi connectivity index (χ2n) is 11.3. The summed E-state index contributed by atoms with van der Waals surface area (Å²) in [7, 11) is 0. The van der Waals surface area contributed by atoms with Crippen molar-refractivity contribution in [2.24, 2.45) is 11.8 Å². The maximum Gasteiger partial charge on any atom is 0.313 e. The average molecular weight is 517 g/mol. The molecule has 0 aromatic carbocycles. The van der Waals surface area contributed by atoms with E-state index in [-0.39, 0.29) is 24.5 Å². The van der Waals surface area contributed by atoms with Gasteiger partial charge in [-0.15, -0.1) is 0 Å². The number of cyclic esters (lactones) is 1. The van der Waals surface area contributed by atoms with Gasteiger partial charge in [0.2, 0.25) is 11.8 Å². The minimum absolute atomic E-state index is 0.0282. The number of likely N-dealkylation sites (tertiary alicyclic amines) is 1. The minimum Gasteiger partial charge on any atom is -0.465 e. The molecule has 4 aliphatic rings. The average Bonchev–Trinajstić information content (AvgIpc) is 3.18. The van der Waals surface area contributed by atoms with E-state index in [0.717, 1.165) is 57.8 Å². The normalized spacial score (nSPS) is 35.5. The summed E-state index contributed by atoms with van der Waals surface area (Å²) in [6, 6.07) is -0.794. The highest BCUT2D eigenvalue weighted by molar-refractivity contribution is 5.99. The van der Waals surface area contributed by atoms with Crippen LogP contribution in [0.5, 0.6) is 0 Å². The lowest BCUT2D eigenvalue weighted by molar-refractivity contribution is -0.160. The lowest BCUT2D eigenvalue weighted by Crippen LogP contribution is -2.57. The molecule has 37 heavy (non-hydrogen) atoms. The number of carbonyl (C=O) groups is 3. The van der Waals surface area contributed by atoms with Gasteiger partial charge in [-0.2, -0.15) is 0 Å². The lowest BCUT2D eigenvalue weighted by atomic mass is 9.74. The topological polar surface area (TPSA) is 96.4 Å². The number of amides is 2. The van der Waals surface area contributed by atoms with Gasteiger partial charge >= 0.3 is 5.97 Å². The Hall–Kier alpha value is -2.19. The number of nitrogens with zero attached hydrogens (tertiary/aromatic N) is 2. The summed E-state index contributed by atoms with van der Waals surface area (Å²) < 4.78 is 12.5. The number of aliphatic hydroxyl groups excluding tert-OH is 1. The summed E-state index contributed by atoms with van der Waals surface area (Å²) in [6.07, 6.45) is 15.3. The van der Waals surface area contributed by atoms with Gasteiger partial charge < -0.3 is 24.4 Å². The van der Waals surface area contributed by atoms with E-state index < -0.39 is 35.0 Å². The van der Waals surface area contributed by atoms with Crippen LogP contribution < -0.4 is 0 Å². The fourth-order valence-corrected chi connectivity index (χ4v) is 6.77. The number of hydrogen-bond donors (Lipinski definition) is 1.